The molecular formula is C18H17F3N2O2S. The second-order valence-electron chi connectivity index (χ2n) is 5.87. The van der Waals surface area contributed by atoms with E-state index >= 15 is 0 Å². The molecule has 0 unspecified atom stereocenters. The summed E-state index contributed by atoms with van der Waals surface area (Å²) in [5.41, 5.74) is 0.244. The molecule has 2 aromatic rings. The third-order valence-corrected chi connectivity index (χ3v) is 4.88. The Hall–Kier alpha value is -2.22. The first-order chi connectivity index (χ1) is 12.4. The number of carbonyl (C=O) groups is 1. The second-order valence-corrected chi connectivity index (χ2v) is 6.86. The molecule has 0 saturated carbocycles. The zero-order valence-corrected chi connectivity index (χ0v) is 14.6. The van der Waals surface area contributed by atoms with Crippen LogP contribution in [0.15, 0.2) is 48.7 Å². The molecule has 8 heteroatoms. The van der Waals surface area contributed by atoms with Gasteiger partial charge in [-0.2, -0.15) is 13.2 Å². The molecule has 0 radical (unpaired) electrons. The lowest BCUT2D eigenvalue weighted by molar-refractivity contribution is -0.143. The van der Waals surface area contributed by atoms with E-state index in [4.69, 9.17) is 4.74 Å². The largest absolute Gasteiger partial charge is 0.470 e. The molecule has 4 nitrogen and oxygen atoms in total. The van der Waals surface area contributed by atoms with Crippen LogP contribution in [0.25, 0.3) is 0 Å². The Morgan fingerprint density at radius 2 is 1.92 bits per heavy atom. The normalized spacial score (nSPS) is 14.8. The van der Waals surface area contributed by atoms with Crippen LogP contribution in [0.4, 0.5) is 13.2 Å². The highest BCUT2D eigenvalue weighted by Gasteiger charge is 2.38. The highest BCUT2D eigenvalue weighted by molar-refractivity contribution is 7.99. The van der Waals surface area contributed by atoms with Gasteiger partial charge in [-0.1, -0.05) is 30.3 Å². The first kappa shape index (κ1) is 18.6. The van der Waals surface area contributed by atoms with Crippen molar-refractivity contribution >= 4 is 17.7 Å². The van der Waals surface area contributed by atoms with Crippen LogP contribution in [0.1, 0.15) is 11.1 Å². The zero-order valence-electron chi connectivity index (χ0n) is 13.8. The summed E-state index contributed by atoms with van der Waals surface area (Å²) in [6, 6.07) is 12.0. The molecule has 1 saturated heterocycles. The topological polar surface area (TPSA) is 42.4 Å². The van der Waals surface area contributed by atoms with Gasteiger partial charge in [-0.25, -0.2) is 4.98 Å². The number of hydrogen-bond acceptors (Lipinski definition) is 4. The molecule has 0 bridgehead atoms. The number of aromatic nitrogens is 1. The van der Waals surface area contributed by atoms with E-state index in [9.17, 15) is 18.0 Å². The average Bonchev–Trinajstić information content (AvgIpc) is 2.58. The van der Waals surface area contributed by atoms with Crippen molar-refractivity contribution in [3.63, 3.8) is 0 Å². The molecule has 2 heterocycles. The minimum Gasteiger partial charge on any atom is -0.470 e. The maximum atomic E-state index is 12.9. The molecule has 26 heavy (non-hydrogen) atoms. The Bertz CT molecular complexity index is 750. The molecule has 1 aromatic heterocycles. The van der Waals surface area contributed by atoms with Crippen molar-refractivity contribution in [2.24, 2.45) is 0 Å². The number of alkyl halides is 3. The summed E-state index contributed by atoms with van der Waals surface area (Å²) in [6.45, 7) is 0.553. The minimum absolute atomic E-state index is 0.0390. The van der Waals surface area contributed by atoms with Crippen LogP contribution < -0.4 is 4.74 Å². The summed E-state index contributed by atoms with van der Waals surface area (Å²) in [4.78, 5) is 17.3. The lowest BCUT2D eigenvalue weighted by Crippen LogP contribution is -2.56. The van der Waals surface area contributed by atoms with Crippen molar-refractivity contribution in [3.8, 4) is 5.88 Å². The predicted octanol–water partition coefficient (Wildman–Crippen LogP) is 3.62. The molecule has 0 spiro atoms. The van der Waals surface area contributed by atoms with Crippen LogP contribution in [0, 0.1) is 0 Å². The Morgan fingerprint density at radius 3 is 2.62 bits per heavy atom. The number of benzene rings is 1. The quantitative estimate of drug-likeness (QED) is 0.765. The molecule has 1 aliphatic rings. The summed E-state index contributed by atoms with van der Waals surface area (Å²) in [5, 5.41) is 0. The molecule has 1 fully saturated rings. The fourth-order valence-electron chi connectivity index (χ4n) is 2.50. The molecule has 3 rings (SSSR count). The maximum Gasteiger partial charge on any atom is 0.421 e. The van der Waals surface area contributed by atoms with Gasteiger partial charge in [0.2, 0.25) is 11.8 Å². The summed E-state index contributed by atoms with van der Waals surface area (Å²) >= 11 is 1.51. The number of pyridine rings is 1. The maximum absolute atomic E-state index is 12.9. The van der Waals surface area contributed by atoms with Gasteiger partial charge in [-0.3, -0.25) is 4.79 Å². The highest BCUT2D eigenvalue weighted by atomic mass is 32.2. The molecule has 0 aliphatic carbocycles. The van der Waals surface area contributed by atoms with Gasteiger partial charge in [0.15, 0.2) is 0 Å². The van der Waals surface area contributed by atoms with E-state index in [1.807, 2.05) is 30.3 Å². The molecule has 1 aliphatic heterocycles. The molecule has 0 N–H and O–H groups in total. The average molecular weight is 382 g/mol. The molecular weight excluding hydrogens is 365 g/mol. The minimum atomic E-state index is -4.52. The number of likely N-dealkylation sites (tertiary alicyclic amines) is 1. The van der Waals surface area contributed by atoms with Crippen LogP contribution in [-0.2, 0) is 16.7 Å². The van der Waals surface area contributed by atoms with Gasteiger partial charge in [-0.05, 0) is 17.7 Å². The number of halogens is 3. The Kier molecular flexibility index (Phi) is 5.70. The number of amides is 1. The molecule has 1 amide bonds. The van der Waals surface area contributed by atoms with Gasteiger partial charge < -0.3 is 9.64 Å². The number of thioether (sulfide) groups is 1. The third-order valence-electron chi connectivity index (χ3n) is 3.89. The van der Waals surface area contributed by atoms with Gasteiger partial charge in [0, 0.05) is 11.9 Å². The van der Waals surface area contributed by atoms with E-state index in [0.29, 0.717) is 5.75 Å². The fraction of sp³-hybridized carbons (Fsp3) is 0.333. The number of ether oxygens (including phenoxy) is 1. The van der Waals surface area contributed by atoms with Crippen molar-refractivity contribution in [2.75, 3.05) is 18.8 Å². The van der Waals surface area contributed by atoms with Crippen molar-refractivity contribution in [1.82, 2.24) is 9.88 Å². The monoisotopic (exact) mass is 382 g/mol. The Morgan fingerprint density at radius 1 is 1.19 bits per heavy atom. The van der Waals surface area contributed by atoms with Crippen molar-refractivity contribution < 1.29 is 22.7 Å². The molecule has 1 aromatic carbocycles. The first-order valence-electron chi connectivity index (χ1n) is 8.02. The standard InChI is InChI=1S/C18H17F3N2O2S/c19-18(20,21)15-7-4-8-22-17(15)25-14-9-23(10-14)16(24)12-26-11-13-5-2-1-3-6-13/h1-8,14H,9-12H2. The highest BCUT2D eigenvalue weighted by Crippen LogP contribution is 2.35. The second kappa shape index (κ2) is 7.99. The van der Waals surface area contributed by atoms with Crippen molar-refractivity contribution in [3.05, 3.63) is 59.8 Å². The van der Waals surface area contributed by atoms with E-state index < -0.39 is 23.7 Å². The third kappa shape index (κ3) is 4.69. The van der Waals surface area contributed by atoms with Gasteiger partial charge in [0.25, 0.3) is 0 Å². The van der Waals surface area contributed by atoms with E-state index in [0.717, 1.165) is 17.4 Å². The Labute approximate surface area is 153 Å². The van der Waals surface area contributed by atoms with Crippen LogP contribution in [-0.4, -0.2) is 40.7 Å². The van der Waals surface area contributed by atoms with E-state index in [-0.39, 0.29) is 19.0 Å². The number of nitrogens with zero attached hydrogens (tertiary/aromatic N) is 2. The lowest BCUT2D eigenvalue weighted by Gasteiger charge is -2.38. The van der Waals surface area contributed by atoms with Gasteiger partial charge >= 0.3 is 6.18 Å². The number of hydrogen-bond donors (Lipinski definition) is 0. The van der Waals surface area contributed by atoms with Gasteiger partial charge in [0.05, 0.1) is 18.8 Å². The summed E-state index contributed by atoms with van der Waals surface area (Å²) < 4.78 is 44.1. The first-order valence-corrected chi connectivity index (χ1v) is 9.17. The Balaban J connectivity index is 1.44. The van der Waals surface area contributed by atoms with Crippen LogP contribution in [0.2, 0.25) is 0 Å². The number of rotatable bonds is 6. The van der Waals surface area contributed by atoms with E-state index in [2.05, 4.69) is 4.98 Å². The SMILES string of the molecule is O=C(CSCc1ccccc1)N1CC(Oc2ncccc2C(F)(F)F)C1. The van der Waals surface area contributed by atoms with Gasteiger partial charge in [0.1, 0.15) is 11.7 Å². The summed E-state index contributed by atoms with van der Waals surface area (Å²) in [5.74, 6) is 0.598. The summed E-state index contributed by atoms with van der Waals surface area (Å²) in [6.07, 6.45) is -3.72. The smallest absolute Gasteiger partial charge is 0.421 e. The predicted molar refractivity (Wildman–Crippen MR) is 92.8 cm³/mol. The number of carbonyl (C=O) groups excluding carboxylic acids is 1. The van der Waals surface area contributed by atoms with Crippen molar-refractivity contribution in [2.45, 2.75) is 18.0 Å². The molecule has 0 atom stereocenters. The van der Waals surface area contributed by atoms with Crippen LogP contribution in [0.5, 0.6) is 5.88 Å². The summed E-state index contributed by atoms with van der Waals surface area (Å²) in [7, 11) is 0. The lowest BCUT2D eigenvalue weighted by atomic mass is 10.1. The van der Waals surface area contributed by atoms with E-state index in [1.54, 1.807) is 4.90 Å². The zero-order chi connectivity index (χ0) is 18.6. The van der Waals surface area contributed by atoms with Crippen molar-refractivity contribution in [1.29, 1.82) is 0 Å². The van der Waals surface area contributed by atoms with Gasteiger partial charge in [-0.15, -0.1) is 11.8 Å². The molecule has 138 valence electrons. The van der Waals surface area contributed by atoms with Crippen LogP contribution >= 0.6 is 11.8 Å². The van der Waals surface area contributed by atoms with Crippen LogP contribution in [0.3, 0.4) is 0 Å². The van der Waals surface area contributed by atoms with E-state index in [1.165, 1.54) is 24.0 Å². The fourth-order valence-corrected chi connectivity index (χ4v) is 3.38.